The zero-order valence-corrected chi connectivity index (χ0v) is 34.8. The third-order valence-corrected chi connectivity index (χ3v) is 19.8. The van der Waals surface area contributed by atoms with Gasteiger partial charge in [-0.2, -0.15) is 0 Å². The van der Waals surface area contributed by atoms with E-state index < -0.39 is 27.9 Å². The number of halogens is 1. The van der Waals surface area contributed by atoms with Crippen LogP contribution < -0.4 is 5.32 Å². The largest absolute Gasteiger partial charge is 0.481 e. The van der Waals surface area contributed by atoms with Gasteiger partial charge in [0.15, 0.2) is 9.84 Å². The summed E-state index contributed by atoms with van der Waals surface area (Å²) in [4.78, 5) is 14.3. The highest BCUT2D eigenvalue weighted by molar-refractivity contribution is 7.91. The van der Waals surface area contributed by atoms with Gasteiger partial charge in [-0.05, 0) is 171 Å². The maximum Gasteiger partial charge on any atom is 0.312 e. The van der Waals surface area contributed by atoms with Crippen molar-refractivity contribution >= 4 is 15.8 Å². The summed E-state index contributed by atoms with van der Waals surface area (Å²) in [7, 11) is -2.84. The number of nitrogens with one attached hydrogen (secondary N) is 1. The Hall–Kier alpha value is -1.51. The minimum atomic E-state index is -2.84. The maximum absolute atomic E-state index is 14.0. The van der Waals surface area contributed by atoms with E-state index in [0.717, 1.165) is 32.5 Å². The first kappa shape index (κ1) is 39.7. The number of nitrogens with zero attached hydrogens (tertiary/aromatic N) is 1. The lowest BCUT2D eigenvalue weighted by Gasteiger charge is -2.72. The molecule has 0 radical (unpaired) electrons. The second-order valence-electron chi connectivity index (χ2n) is 20.8. The van der Waals surface area contributed by atoms with Gasteiger partial charge in [0.2, 0.25) is 0 Å². The Morgan fingerprint density at radius 3 is 2.32 bits per heavy atom. The summed E-state index contributed by atoms with van der Waals surface area (Å²) in [6.07, 6.45) is 18.4. The molecule has 6 aliphatic carbocycles. The molecule has 0 aromatic carbocycles. The minimum Gasteiger partial charge on any atom is -0.481 e. The molecule has 7 rings (SSSR count). The van der Waals surface area contributed by atoms with Crippen LogP contribution in [0, 0.1) is 62.1 Å². The molecule has 1 unspecified atom stereocenters. The van der Waals surface area contributed by atoms with Crippen LogP contribution >= 0.6 is 0 Å². The SMILES string of the molecule is C=C(C)C1CC[C@]2(CNCCCN3CCS(=O)(=O)CC3)CC[C@]3(C)[C@H](CC[C@@H]4[C@@]5(C)CC=C(C6=CC[C@@](CF)(C(=O)O)CC6)C(C)(C)[C@@H]5CC[C@]43C)[C@@H]12. The Balaban J connectivity index is 1.08. The lowest BCUT2D eigenvalue weighted by atomic mass is 9.32. The summed E-state index contributed by atoms with van der Waals surface area (Å²) >= 11 is 0. The van der Waals surface area contributed by atoms with Gasteiger partial charge >= 0.3 is 5.97 Å². The fourth-order valence-corrected chi connectivity index (χ4v) is 16.3. The fourth-order valence-electron chi connectivity index (χ4n) is 15.0. The number of sulfone groups is 1. The van der Waals surface area contributed by atoms with Crippen molar-refractivity contribution in [1.82, 2.24) is 10.2 Å². The van der Waals surface area contributed by atoms with Gasteiger partial charge in [0.05, 0.1) is 16.9 Å². The number of aliphatic carboxylic acids is 1. The Labute approximate surface area is 321 Å². The lowest BCUT2D eigenvalue weighted by molar-refractivity contribution is -0.226. The molecule has 1 aliphatic heterocycles. The van der Waals surface area contributed by atoms with Crippen molar-refractivity contribution in [2.75, 3.05) is 50.9 Å². The van der Waals surface area contributed by atoms with Crippen LogP contribution in [0.5, 0.6) is 0 Å². The van der Waals surface area contributed by atoms with Crippen molar-refractivity contribution in [2.24, 2.45) is 62.1 Å². The van der Waals surface area contributed by atoms with Crippen molar-refractivity contribution in [3.63, 3.8) is 0 Å². The van der Waals surface area contributed by atoms with Gasteiger partial charge in [0.1, 0.15) is 6.67 Å². The normalized spacial score (nSPS) is 44.8. The molecule has 0 aromatic heterocycles. The summed E-state index contributed by atoms with van der Waals surface area (Å²) in [5, 5.41) is 13.8. The van der Waals surface area contributed by atoms with Crippen molar-refractivity contribution < 1.29 is 22.7 Å². The second-order valence-corrected chi connectivity index (χ2v) is 23.1. The number of rotatable bonds is 10. The quantitative estimate of drug-likeness (QED) is 0.171. The molecule has 0 bridgehead atoms. The first-order valence-corrected chi connectivity index (χ1v) is 23.2. The summed E-state index contributed by atoms with van der Waals surface area (Å²) in [6.45, 7) is 23.5. The Morgan fingerprint density at radius 1 is 0.943 bits per heavy atom. The number of carboxylic acids is 1. The lowest BCUT2D eigenvalue weighted by Crippen LogP contribution is -2.66. The molecular formula is C45H71FN2O4S. The Kier molecular flexibility index (Phi) is 10.4. The number of fused-ring (bicyclic) bond motifs is 7. The van der Waals surface area contributed by atoms with Gasteiger partial charge < -0.3 is 15.3 Å². The van der Waals surface area contributed by atoms with E-state index in [2.05, 4.69) is 70.5 Å². The smallest absolute Gasteiger partial charge is 0.312 e. The van der Waals surface area contributed by atoms with Crippen molar-refractivity contribution in [2.45, 2.75) is 125 Å². The van der Waals surface area contributed by atoms with E-state index in [9.17, 15) is 22.7 Å². The van der Waals surface area contributed by atoms with E-state index in [1.54, 1.807) is 0 Å². The molecule has 2 N–H and O–H groups in total. The van der Waals surface area contributed by atoms with E-state index in [-0.39, 0.29) is 21.7 Å². The summed E-state index contributed by atoms with van der Waals surface area (Å²) in [5.74, 6) is 2.83. The van der Waals surface area contributed by atoms with Crippen LogP contribution in [-0.2, 0) is 14.6 Å². The molecule has 1 saturated heterocycles. The topological polar surface area (TPSA) is 86.7 Å². The van der Waals surface area contributed by atoms with Crippen LogP contribution in [0.2, 0.25) is 0 Å². The first-order chi connectivity index (χ1) is 24.9. The number of allylic oxidation sites excluding steroid dienone is 5. The van der Waals surface area contributed by atoms with Gasteiger partial charge in [-0.15, -0.1) is 0 Å². The molecule has 1 heterocycles. The molecule has 0 amide bonds. The first-order valence-electron chi connectivity index (χ1n) is 21.4. The number of hydrogen-bond donors (Lipinski definition) is 2. The molecule has 53 heavy (non-hydrogen) atoms. The van der Waals surface area contributed by atoms with Gasteiger partial charge in [-0.1, -0.05) is 58.9 Å². The highest BCUT2D eigenvalue weighted by Gasteiger charge is 2.70. The van der Waals surface area contributed by atoms with Crippen LogP contribution in [0.4, 0.5) is 4.39 Å². The van der Waals surface area contributed by atoms with E-state index in [1.807, 2.05) is 0 Å². The average Bonchev–Trinajstić information content (AvgIpc) is 3.49. The molecule has 8 heteroatoms. The predicted molar refractivity (Wildman–Crippen MR) is 213 cm³/mol. The molecule has 7 aliphatic rings. The van der Waals surface area contributed by atoms with E-state index in [4.69, 9.17) is 0 Å². The van der Waals surface area contributed by atoms with Crippen molar-refractivity contribution in [3.05, 3.63) is 35.5 Å². The van der Waals surface area contributed by atoms with Gasteiger partial charge in [-0.25, -0.2) is 12.8 Å². The second kappa shape index (κ2) is 13.9. The van der Waals surface area contributed by atoms with Crippen LogP contribution in [0.15, 0.2) is 35.5 Å². The summed E-state index contributed by atoms with van der Waals surface area (Å²) in [5.41, 5.74) is 3.92. The summed E-state index contributed by atoms with van der Waals surface area (Å²) < 4.78 is 37.8. The number of carbonyl (C=O) groups is 1. The van der Waals surface area contributed by atoms with E-state index in [1.165, 1.54) is 68.1 Å². The number of alkyl halides is 1. The highest BCUT2D eigenvalue weighted by Crippen LogP contribution is 2.77. The number of carboxylic acid groups (broad SMARTS) is 1. The monoisotopic (exact) mass is 755 g/mol. The van der Waals surface area contributed by atoms with Crippen LogP contribution in [-0.4, -0.2) is 75.3 Å². The molecule has 4 saturated carbocycles. The van der Waals surface area contributed by atoms with Gasteiger partial charge in [-0.3, -0.25) is 4.79 Å². The minimum absolute atomic E-state index is 0.00749. The van der Waals surface area contributed by atoms with Gasteiger partial charge in [0, 0.05) is 19.6 Å². The van der Waals surface area contributed by atoms with Crippen LogP contribution in [0.3, 0.4) is 0 Å². The molecule has 0 aromatic rings. The average molecular weight is 755 g/mol. The standard InChI is InChI=1S/C45H71FN2O4S/c1-31(2)33-13-20-45(30-47-23-8-24-48-25-27-53(51,52)28-26-48)22-21-42(6)35(38(33)45)9-10-37-41(5)16-14-34(40(3,4)36(41)15-17-43(37,42)7)32-11-18-44(29-46,19-12-32)39(49)50/h11,14,33,35-38,47H,1,8-10,12-13,15-30H2,2-7H3,(H,49,50)/t33?,35-,36+,37-,38-,41+,42-,43-,44-,45-/m1/s1. The maximum atomic E-state index is 14.0. The predicted octanol–water partition coefficient (Wildman–Crippen LogP) is 9.04. The number of hydrogen-bond acceptors (Lipinski definition) is 5. The molecule has 5 fully saturated rings. The third kappa shape index (κ3) is 6.28. The molecule has 0 spiro atoms. The molecule has 298 valence electrons. The highest BCUT2D eigenvalue weighted by atomic mass is 32.2. The zero-order chi connectivity index (χ0) is 38.2. The molecule has 10 atom stereocenters. The molecular weight excluding hydrogens is 684 g/mol. The third-order valence-electron chi connectivity index (χ3n) is 18.2. The Morgan fingerprint density at radius 2 is 1.68 bits per heavy atom. The zero-order valence-electron chi connectivity index (χ0n) is 34.0. The van der Waals surface area contributed by atoms with Gasteiger partial charge in [0.25, 0.3) is 0 Å². The van der Waals surface area contributed by atoms with Crippen molar-refractivity contribution in [3.8, 4) is 0 Å². The van der Waals surface area contributed by atoms with E-state index >= 15 is 0 Å². The van der Waals surface area contributed by atoms with Crippen molar-refractivity contribution in [1.29, 1.82) is 0 Å². The van der Waals surface area contributed by atoms with Crippen LogP contribution in [0.1, 0.15) is 125 Å². The summed E-state index contributed by atoms with van der Waals surface area (Å²) in [6, 6.07) is 0. The van der Waals surface area contributed by atoms with Crippen LogP contribution in [0.25, 0.3) is 0 Å². The van der Waals surface area contributed by atoms with E-state index in [0.29, 0.717) is 78.9 Å². The molecule has 6 nitrogen and oxygen atoms in total. The Bertz CT molecular complexity index is 1620. The fraction of sp³-hybridized carbons (Fsp3) is 0.844.